The molecule has 0 atom stereocenters. The van der Waals surface area contributed by atoms with E-state index in [1.54, 1.807) is 18.3 Å². The zero-order valence-corrected chi connectivity index (χ0v) is 14.3. The van der Waals surface area contributed by atoms with Crippen molar-refractivity contribution in [1.29, 1.82) is 5.26 Å². The summed E-state index contributed by atoms with van der Waals surface area (Å²) < 4.78 is 13.0. The summed E-state index contributed by atoms with van der Waals surface area (Å²) in [5.41, 5.74) is 0.708. The van der Waals surface area contributed by atoms with Gasteiger partial charge in [0.15, 0.2) is 0 Å². The third-order valence-electron chi connectivity index (χ3n) is 3.67. The first-order chi connectivity index (χ1) is 11.3. The number of carbonyl (C=O) groups is 1. The molecule has 1 heterocycles. The molecular weight excluding hydrogens is 307 g/mol. The third-order valence-corrected chi connectivity index (χ3v) is 3.67. The number of anilines is 1. The Hall–Kier alpha value is -2.55. The van der Waals surface area contributed by atoms with Gasteiger partial charge in [0, 0.05) is 43.6 Å². The predicted octanol–water partition coefficient (Wildman–Crippen LogP) is 2.27. The highest BCUT2D eigenvalue weighted by Gasteiger charge is 2.20. The summed E-state index contributed by atoms with van der Waals surface area (Å²) in [6.45, 7) is 8.53. The number of rotatable bonds is 3. The zero-order valence-electron chi connectivity index (χ0n) is 14.3. The van der Waals surface area contributed by atoms with Crippen LogP contribution in [0.5, 0.6) is 0 Å². The highest BCUT2D eigenvalue weighted by Crippen LogP contribution is 2.17. The van der Waals surface area contributed by atoms with Crippen LogP contribution in [0, 0.1) is 17.1 Å². The first-order valence-corrected chi connectivity index (χ1v) is 7.97. The molecule has 1 aromatic rings. The average Bonchev–Trinajstić information content (AvgIpc) is 2.52. The fraction of sp³-hybridized carbons (Fsp3) is 0.444. The summed E-state index contributed by atoms with van der Waals surface area (Å²) in [7, 11) is 0. The molecule has 0 radical (unpaired) electrons. The summed E-state index contributed by atoms with van der Waals surface area (Å²) in [6.07, 6.45) is 1.63. The van der Waals surface area contributed by atoms with Gasteiger partial charge in [-0.05, 0) is 45.0 Å². The number of amides is 1. The number of nitriles is 1. The van der Waals surface area contributed by atoms with E-state index in [4.69, 9.17) is 0 Å². The second kappa shape index (κ2) is 7.35. The Balaban J connectivity index is 1.96. The summed E-state index contributed by atoms with van der Waals surface area (Å²) >= 11 is 0. The summed E-state index contributed by atoms with van der Waals surface area (Å²) in [5.74, 6) is -0.602. The van der Waals surface area contributed by atoms with Crippen molar-refractivity contribution < 1.29 is 9.18 Å². The molecule has 1 saturated heterocycles. The van der Waals surface area contributed by atoms with Crippen molar-refractivity contribution in [3.63, 3.8) is 0 Å². The molecule has 0 aromatic heterocycles. The van der Waals surface area contributed by atoms with Gasteiger partial charge in [-0.25, -0.2) is 4.39 Å². The van der Waals surface area contributed by atoms with E-state index in [1.165, 1.54) is 12.1 Å². The Morgan fingerprint density at radius 2 is 1.79 bits per heavy atom. The lowest BCUT2D eigenvalue weighted by molar-refractivity contribution is -0.118. The van der Waals surface area contributed by atoms with Gasteiger partial charge in [-0.1, -0.05) is 0 Å². The molecule has 1 aliphatic heterocycles. The van der Waals surface area contributed by atoms with E-state index < -0.39 is 0 Å². The normalized spacial score (nSPS) is 15.9. The third kappa shape index (κ3) is 4.98. The maximum Gasteiger partial charge on any atom is 0.263 e. The molecule has 0 saturated carbocycles. The number of nitrogens with one attached hydrogen (secondary N) is 1. The first-order valence-electron chi connectivity index (χ1n) is 7.97. The molecule has 1 aliphatic rings. The van der Waals surface area contributed by atoms with Gasteiger partial charge >= 0.3 is 0 Å². The van der Waals surface area contributed by atoms with Crippen molar-refractivity contribution in [2.45, 2.75) is 26.3 Å². The Labute approximate surface area is 142 Å². The van der Waals surface area contributed by atoms with Crippen LogP contribution in [0.3, 0.4) is 0 Å². The highest BCUT2D eigenvalue weighted by atomic mass is 19.1. The maximum atomic E-state index is 13.0. The minimum Gasteiger partial charge on any atom is -0.373 e. The van der Waals surface area contributed by atoms with Crippen molar-refractivity contribution in [3.05, 3.63) is 41.9 Å². The molecule has 0 spiro atoms. The van der Waals surface area contributed by atoms with E-state index in [0.717, 1.165) is 18.8 Å². The summed E-state index contributed by atoms with van der Waals surface area (Å²) in [4.78, 5) is 16.2. The topological polar surface area (TPSA) is 59.4 Å². The lowest BCUT2D eigenvalue weighted by Crippen LogP contribution is -2.45. The fourth-order valence-corrected chi connectivity index (χ4v) is 2.49. The van der Waals surface area contributed by atoms with Crippen LogP contribution >= 0.6 is 0 Å². The van der Waals surface area contributed by atoms with Crippen LogP contribution in [0.25, 0.3) is 0 Å². The Morgan fingerprint density at radius 3 is 2.29 bits per heavy atom. The van der Waals surface area contributed by atoms with E-state index in [0.29, 0.717) is 13.1 Å². The monoisotopic (exact) mass is 330 g/mol. The van der Waals surface area contributed by atoms with Gasteiger partial charge in [0.2, 0.25) is 0 Å². The van der Waals surface area contributed by atoms with Gasteiger partial charge in [0.25, 0.3) is 5.91 Å². The molecular formula is C18H23FN4O. The molecule has 128 valence electrons. The standard InChI is InChI=1S/C18H23FN4O/c1-18(2,3)21-17(24)14(12-20)13-22-8-10-23(11-9-22)16-6-4-15(19)5-7-16/h4-7,13H,8-11H2,1-3H3,(H,21,24)/b14-13-. The number of benzene rings is 1. The van der Waals surface area contributed by atoms with Crippen LogP contribution in [0.2, 0.25) is 0 Å². The maximum absolute atomic E-state index is 13.0. The molecule has 1 N–H and O–H groups in total. The number of hydrogen-bond acceptors (Lipinski definition) is 4. The molecule has 1 aromatic carbocycles. The van der Waals surface area contributed by atoms with Crippen LogP contribution in [-0.4, -0.2) is 42.5 Å². The van der Waals surface area contributed by atoms with Gasteiger partial charge in [-0.2, -0.15) is 5.26 Å². The lowest BCUT2D eigenvalue weighted by Gasteiger charge is -2.35. The molecule has 5 nitrogen and oxygen atoms in total. The van der Waals surface area contributed by atoms with Crippen LogP contribution in [0.15, 0.2) is 36.0 Å². The summed E-state index contributed by atoms with van der Waals surface area (Å²) in [6, 6.07) is 8.40. The molecule has 1 fully saturated rings. The number of carbonyl (C=O) groups excluding carboxylic acids is 1. The van der Waals surface area contributed by atoms with Crippen molar-refractivity contribution in [3.8, 4) is 6.07 Å². The van der Waals surface area contributed by atoms with Gasteiger partial charge < -0.3 is 15.1 Å². The minimum atomic E-state index is -0.381. The molecule has 0 unspecified atom stereocenters. The van der Waals surface area contributed by atoms with Gasteiger partial charge in [-0.15, -0.1) is 0 Å². The minimum absolute atomic E-state index is 0.111. The van der Waals surface area contributed by atoms with Crippen LogP contribution in [0.1, 0.15) is 20.8 Å². The molecule has 0 aliphatic carbocycles. The quantitative estimate of drug-likeness (QED) is 0.682. The van der Waals surface area contributed by atoms with Gasteiger partial charge in [0.1, 0.15) is 17.5 Å². The van der Waals surface area contributed by atoms with Crippen molar-refractivity contribution in [2.24, 2.45) is 0 Å². The summed E-state index contributed by atoms with van der Waals surface area (Å²) in [5, 5.41) is 12.0. The van der Waals surface area contributed by atoms with Crippen molar-refractivity contribution in [1.82, 2.24) is 10.2 Å². The van der Waals surface area contributed by atoms with E-state index in [2.05, 4.69) is 10.2 Å². The predicted molar refractivity (Wildman–Crippen MR) is 91.8 cm³/mol. The number of piperazine rings is 1. The fourth-order valence-electron chi connectivity index (χ4n) is 2.49. The van der Waals surface area contributed by atoms with Gasteiger partial charge in [0.05, 0.1) is 0 Å². The van der Waals surface area contributed by atoms with Crippen LogP contribution in [0.4, 0.5) is 10.1 Å². The van der Waals surface area contributed by atoms with Crippen LogP contribution in [-0.2, 0) is 4.79 Å². The molecule has 1 amide bonds. The second-order valence-electron chi connectivity index (χ2n) is 6.86. The molecule has 0 bridgehead atoms. The van der Waals surface area contributed by atoms with E-state index in [9.17, 15) is 14.4 Å². The van der Waals surface area contributed by atoms with Crippen molar-refractivity contribution >= 4 is 11.6 Å². The SMILES string of the molecule is CC(C)(C)NC(=O)/C(C#N)=C\N1CCN(c2ccc(F)cc2)CC1. The molecule has 2 rings (SSSR count). The van der Waals surface area contributed by atoms with Crippen LogP contribution < -0.4 is 10.2 Å². The molecule has 24 heavy (non-hydrogen) atoms. The first kappa shape index (κ1) is 17.8. The van der Waals surface area contributed by atoms with E-state index in [-0.39, 0.29) is 22.8 Å². The van der Waals surface area contributed by atoms with Crippen molar-refractivity contribution in [2.75, 3.05) is 31.1 Å². The van der Waals surface area contributed by atoms with E-state index in [1.807, 2.05) is 31.7 Å². The molecule has 6 heteroatoms. The number of halogens is 1. The Bertz CT molecular complexity index is 647. The smallest absolute Gasteiger partial charge is 0.263 e. The second-order valence-corrected chi connectivity index (χ2v) is 6.86. The number of hydrogen-bond donors (Lipinski definition) is 1. The average molecular weight is 330 g/mol. The zero-order chi connectivity index (χ0) is 17.7. The van der Waals surface area contributed by atoms with Gasteiger partial charge in [-0.3, -0.25) is 4.79 Å². The van der Waals surface area contributed by atoms with E-state index >= 15 is 0 Å². The largest absolute Gasteiger partial charge is 0.373 e. The number of nitrogens with zero attached hydrogens (tertiary/aromatic N) is 3. The Kier molecular flexibility index (Phi) is 5.45. The highest BCUT2D eigenvalue weighted by molar-refractivity contribution is 5.97. The Morgan fingerprint density at radius 1 is 1.21 bits per heavy atom. The lowest BCUT2D eigenvalue weighted by atomic mass is 10.1.